The molecule has 33 heavy (non-hydrogen) atoms. The first-order valence-corrected chi connectivity index (χ1v) is 10.9. The molecule has 0 aliphatic carbocycles. The summed E-state index contributed by atoms with van der Waals surface area (Å²) in [5.74, 6) is -0.540. The largest absolute Gasteiger partial charge is 0.356 e. The summed E-state index contributed by atoms with van der Waals surface area (Å²) in [5, 5.41) is 8.37. The van der Waals surface area contributed by atoms with Gasteiger partial charge in [-0.25, -0.2) is 4.39 Å². The zero-order valence-corrected chi connectivity index (χ0v) is 18.0. The average Bonchev–Trinajstić information content (AvgIpc) is 3.56. The highest BCUT2D eigenvalue weighted by Crippen LogP contribution is 2.39. The van der Waals surface area contributed by atoms with Crippen LogP contribution in [0.25, 0.3) is 22.3 Å². The molecule has 164 valence electrons. The molecule has 0 saturated carbocycles. The number of nitrogens with one attached hydrogen (secondary N) is 2. The molecule has 1 aliphatic rings. The molecule has 0 fully saturated rings. The Kier molecular flexibility index (Phi) is 4.43. The third-order valence-electron chi connectivity index (χ3n) is 6.51. The van der Waals surface area contributed by atoms with E-state index in [1.165, 1.54) is 6.07 Å². The van der Waals surface area contributed by atoms with Gasteiger partial charge in [0.05, 0.1) is 5.69 Å². The zero-order chi connectivity index (χ0) is 22.5. The van der Waals surface area contributed by atoms with Crippen LogP contribution in [0.4, 0.5) is 4.39 Å². The monoisotopic (exact) mass is 439 g/mol. The van der Waals surface area contributed by atoms with Crippen LogP contribution in [0.3, 0.4) is 0 Å². The third kappa shape index (κ3) is 3.08. The Labute approximate surface area is 189 Å². The molecule has 0 bridgehead atoms. The summed E-state index contributed by atoms with van der Waals surface area (Å²) in [5.41, 5.74) is 5.45. The first-order valence-electron chi connectivity index (χ1n) is 10.9. The Morgan fingerprint density at radius 1 is 1.09 bits per heavy atom. The van der Waals surface area contributed by atoms with Crippen LogP contribution in [0.5, 0.6) is 0 Å². The van der Waals surface area contributed by atoms with Gasteiger partial charge in [-0.3, -0.25) is 9.89 Å². The van der Waals surface area contributed by atoms with Gasteiger partial charge in [0.25, 0.3) is 5.91 Å². The molecule has 0 spiro atoms. The summed E-state index contributed by atoms with van der Waals surface area (Å²) < 4.78 is 17.0. The molecule has 6 rings (SSSR count). The number of hydrogen-bond acceptors (Lipinski definition) is 2. The second-order valence-electron chi connectivity index (χ2n) is 8.41. The summed E-state index contributed by atoms with van der Waals surface area (Å²) in [7, 11) is 1.93. The van der Waals surface area contributed by atoms with Crippen molar-refractivity contribution in [3.8, 4) is 11.4 Å². The standard InChI is InChI=1S/C26H22FN5O/c1-31-13-6-11-23(31)21-15-22(30-29-21)26(33)32-14-12-17-16-7-3-5-10-20(16)28-24(17)25(32)18-8-2-4-9-19(18)27/h2-11,13,15,25,28H,12,14H2,1H3,(H,29,30)/t25-/m1/s1. The number of H-pyrrole nitrogens is 2. The van der Waals surface area contributed by atoms with Crippen LogP contribution in [-0.4, -0.2) is 37.1 Å². The number of fused-ring (bicyclic) bond motifs is 3. The van der Waals surface area contributed by atoms with Crippen LogP contribution in [0, 0.1) is 5.82 Å². The molecule has 2 aromatic carbocycles. The van der Waals surface area contributed by atoms with E-state index in [1.807, 2.05) is 54.2 Å². The summed E-state index contributed by atoms with van der Waals surface area (Å²) in [4.78, 5) is 18.9. The fraction of sp³-hybridized carbons (Fsp3) is 0.154. The molecule has 1 atom stereocenters. The number of carbonyl (C=O) groups excluding carboxylic acids is 1. The Bertz CT molecular complexity index is 1490. The summed E-state index contributed by atoms with van der Waals surface area (Å²) >= 11 is 0. The van der Waals surface area contributed by atoms with Gasteiger partial charge in [0.2, 0.25) is 0 Å². The maximum absolute atomic E-state index is 15.0. The van der Waals surface area contributed by atoms with E-state index in [0.717, 1.165) is 27.9 Å². The number of halogens is 1. The van der Waals surface area contributed by atoms with E-state index in [4.69, 9.17) is 0 Å². The van der Waals surface area contributed by atoms with E-state index in [0.29, 0.717) is 29.9 Å². The summed E-state index contributed by atoms with van der Waals surface area (Å²) in [6, 6.07) is 19.8. The minimum absolute atomic E-state index is 0.208. The lowest BCUT2D eigenvalue weighted by molar-refractivity contribution is 0.0683. The molecule has 3 aromatic heterocycles. The molecule has 6 nitrogen and oxygen atoms in total. The van der Waals surface area contributed by atoms with Gasteiger partial charge in [-0.05, 0) is 42.3 Å². The van der Waals surface area contributed by atoms with Gasteiger partial charge < -0.3 is 14.5 Å². The van der Waals surface area contributed by atoms with Gasteiger partial charge in [-0.15, -0.1) is 0 Å². The van der Waals surface area contributed by atoms with E-state index < -0.39 is 6.04 Å². The molecule has 1 aliphatic heterocycles. The predicted octanol–water partition coefficient (Wildman–Crippen LogP) is 4.82. The zero-order valence-electron chi connectivity index (χ0n) is 18.0. The molecule has 2 N–H and O–H groups in total. The molecule has 0 unspecified atom stereocenters. The highest BCUT2D eigenvalue weighted by atomic mass is 19.1. The summed E-state index contributed by atoms with van der Waals surface area (Å²) in [6.45, 7) is 0.477. The average molecular weight is 439 g/mol. The number of carbonyl (C=O) groups is 1. The Hall–Kier alpha value is -4.13. The molecule has 0 radical (unpaired) electrons. The highest BCUT2D eigenvalue weighted by molar-refractivity contribution is 5.95. The van der Waals surface area contributed by atoms with Crippen molar-refractivity contribution >= 4 is 16.8 Å². The minimum atomic E-state index is -0.559. The van der Waals surface area contributed by atoms with Crippen molar-refractivity contribution in [3.05, 3.63) is 101 Å². The smallest absolute Gasteiger partial charge is 0.272 e. The molecule has 4 heterocycles. The van der Waals surface area contributed by atoms with E-state index in [-0.39, 0.29) is 11.7 Å². The quantitative estimate of drug-likeness (QED) is 0.423. The number of aromatic nitrogens is 4. The van der Waals surface area contributed by atoms with E-state index in [9.17, 15) is 4.79 Å². The maximum Gasteiger partial charge on any atom is 0.272 e. The molecular weight excluding hydrogens is 417 g/mol. The van der Waals surface area contributed by atoms with Crippen molar-refractivity contribution in [3.63, 3.8) is 0 Å². The molecule has 7 heteroatoms. The van der Waals surface area contributed by atoms with Gasteiger partial charge in [0, 0.05) is 41.9 Å². The lowest BCUT2D eigenvalue weighted by atomic mass is 9.91. The van der Waals surface area contributed by atoms with Crippen LogP contribution in [0.15, 0.2) is 72.9 Å². The maximum atomic E-state index is 15.0. The SMILES string of the molecule is Cn1cccc1-c1cc(C(=O)N2CCc3c([nH]c4ccccc34)[C@H]2c2ccccc2F)[nH]n1. The van der Waals surface area contributed by atoms with Crippen LogP contribution < -0.4 is 0 Å². The fourth-order valence-corrected chi connectivity index (χ4v) is 4.92. The van der Waals surface area contributed by atoms with E-state index in [2.05, 4.69) is 21.2 Å². The van der Waals surface area contributed by atoms with Crippen LogP contribution in [-0.2, 0) is 13.5 Å². The first-order chi connectivity index (χ1) is 16.1. The van der Waals surface area contributed by atoms with Crippen molar-refractivity contribution in [2.75, 3.05) is 6.54 Å². The van der Waals surface area contributed by atoms with Gasteiger partial charge in [-0.2, -0.15) is 5.10 Å². The normalized spacial score (nSPS) is 15.7. The molecule has 1 amide bonds. The van der Waals surface area contributed by atoms with Crippen LogP contribution in [0.1, 0.15) is 33.4 Å². The van der Waals surface area contributed by atoms with Crippen molar-refractivity contribution in [2.24, 2.45) is 7.05 Å². The number of para-hydroxylation sites is 1. The molecule has 0 saturated heterocycles. The van der Waals surface area contributed by atoms with Crippen molar-refractivity contribution in [1.82, 2.24) is 24.6 Å². The number of benzene rings is 2. The molecule has 5 aromatic rings. The number of rotatable bonds is 3. The predicted molar refractivity (Wildman–Crippen MR) is 124 cm³/mol. The Morgan fingerprint density at radius 2 is 1.91 bits per heavy atom. The Morgan fingerprint density at radius 3 is 2.73 bits per heavy atom. The lowest BCUT2D eigenvalue weighted by Crippen LogP contribution is -2.41. The van der Waals surface area contributed by atoms with E-state index >= 15 is 4.39 Å². The number of aromatic amines is 2. The second kappa shape index (κ2) is 7.48. The third-order valence-corrected chi connectivity index (χ3v) is 6.51. The van der Waals surface area contributed by atoms with Crippen LogP contribution >= 0.6 is 0 Å². The van der Waals surface area contributed by atoms with Crippen molar-refractivity contribution < 1.29 is 9.18 Å². The van der Waals surface area contributed by atoms with Crippen molar-refractivity contribution in [1.29, 1.82) is 0 Å². The van der Waals surface area contributed by atoms with Gasteiger partial charge in [0.1, 0.15) is 23.2 Å². The summed E-state index contributed by atoms with van der Waals surface area (Å²) in [6.07, 6.45) is 2.62. The second-order valence-corrected chi connectivity index (χ2v) is 8.41. The number of aryl methyl sites for hydroxylation is 1. The number of amides is 1. The van der Waals surface area contributed by atoms with Gasteiger partial charge in [0.15, 0.2) is 0 Å². The van der Waals surface area contributed by atoms with Crippen molar-refractivity contribution in [2.45, 2.75) is 12.5 Å². The fourth-order valence-electron chi connectivity index (χ4n) is 4.92. The van der Waals surface area contributed by atoms with Gasteiger partial charge >= 0.3 is 0 Å². The Balaban J connectivity index is 1.46. The lowest BCUT2D eigenvalue weighted by Gasteiger charge is -2.36. The topological polar surface area (TPSA) is 69.7 Å². The number of nitrogens with zero attached hydrogens (tertiary/aromatic N) is 3. The van der Waals surface area contributed by atoms with Crippen LogP contribution in [0.2, 0.25) is 0 Å². The minimum Gasteiger partial charge on any atom is -0.356 e. The van der Waals surface area contributed by atoms with Gasteiger partial charge in [-0.1, -0.05) is 36.4 Å². The molecular formula is C26H22FN5O. The highest BCUT2D eigenvalue weighted by Gasteiger charge is 2.36. The first kappa shape index (κ1) is 19.5. The number of hydrogen-bond donors (Lipinski definition) is 2. The van der Waals surface area contributed by atoms with E-state index in [1.54, 1.807) is 23.1 Å².